The lowest BCUT2D eigenvalue weighted by molar-refractivity contribution is 0.0600. The van der Waals surface area contributed by atoms with E-state index in [4.69, 9.17) is 4.74 Å². The number of esters is 1. The van der Waals surface area contributed by atoms with E-state index in [0.29, 0.717) is 11.5 Å². The minimum absolute atomic E-state index is 0.259. The normalized spacial score (nSPS) is 20.4. The Bertz CT molecular complexity index is 370. The number of hydrogen-bond acceptors (Lipinski definition) is 3. The van der Waals surface area contributed by atoms with E-state index in [1.165, 1.54) is 25.5 Å². The third-order valence-electron chi connectivity index (χ3n) is 3.08. The summed E-state index contributed by atoms with van der Waals surface area (Å²) >= 11 is 0. The highest BCUT2D eigenvalue weighted by atomic mass is 16.5. The second-order valence-corrected chi connectivity index (χ2v) is 4.16. The number of hydrogen-bond donors (Lipinski definition) is 1. The maximum absolute atomic E-state index is 11.4. The van der Waals surface area contributed by atoms with Crippen molar-refractivity contribution in [2.24, 2.45) is 0 Å². The summed E-state index contributed by atoms with van der Waals surface area (Å²) in [6, 6.07) is 7.76. The molecule has 1 atom stereocenters. The molecule has 0 bridgehead atoms. The van der Waals surface area contributed by atoms with E-state index in [0.717, 1.165) is 13.1 Å². The summed E-state index contributed by atoms with van der Waals surface area (Å²) in [6.45, 7) is 2.11. The second kappa shape index (κ2) is 5.12. The molecule has 1 aliphatic heterocycles. The van der Waals surface area contributed by atoms with Gasteiger partial charge in [0.1, 0.15) is 0 Å². The molecule has 1 aliphatic rings. The van der Waals surface area contributed by atoms with Crippen molar-refractivity contribution in [1.29, 1.82) is 0 Å². The van der Waals surface area contributed by atoms with Gasteiger partial charge in [0.2, 0.25) is 0 Å². The first-order valence-corrected chi connectivity index (χ1v) is 5.70. The first-order valence-electron chi connectivity index (χ1n) is 5.70. The van der Waals surface area contributed by atoms with Crippen LogP contribution < -0.4 is 5.32 Å². The van der Waals surface area contributed by atoms with E-state index in [1.54, 1.807) is 6.07 Å². The highest BCUT2D eigenvalue weighted by molar-refractivity contribution is 5.89. The lowest BCUT2D eigenvalue weighted by atomic mass is 9.91. The molecule has 2 rings (SSSR count). The first kappa shape index (κ1) is 11.1. The molecule has 0 radical (unpaired) electrons. The summed E-state index contributed by atoms with van der Waals surface area (Å²) in [6.07, 6.45) is 2.39. The summed E-state index contributed by atoms with van der Waals surface area (Å²) in [5.41, 5.74) is 1.88. The van der Waals surface area contributed by atoms with Crippen molar-refractivity contribution in [3.05, 3.63) is 35.4 Å². The molecule has 0 saturated carbocycles. The lowest BCUT2D eigenvalue weighted by Gasteiger charge is -2.23. The molecule has 1 heterocycles. The van der Waals surface area contributed by atoms with Gasteiger partial charge in [-0.25, -0.2) is 4.79 Å². The highest BCUT2D eigenvalue weighted by Crippen LogP contribution is 2.23. The van der Waals surface area contributed by atoms with Gasteiger partial charge in [0.15, 0.2) is 0 Å². The summed E-state index contributed by atoms with van der Waals surface area (Å²) < 4.78 is 4.72. The fourth-order valence-corrected chi connectivity index (χ4v) is 2.17. The quantitative estimate of drug-likeness (QED) is 0.772. The maximum atomic E-state index is 11.4. The molecule has 1 fully saturated rings. The number of carbonyl (C=O) groups is 1. The van der Waals surface area contributed by atoms with Crippen molar-refractivity contribution < 1.29 is 9.53 Å². The Balaban J connectivity index is 2.17. The lowest BCUT2D eigenvalue weighted by Crippen LogP contribution is -2.28. The van der Waals surface area contributed by atoms with Gasteiger partial charge in [0.25, 0.3) is 0 Å². The molecule has 0 amide bonds. The van der Waals surface area contributed by atoms with E-state index >= 15 is 0 Å². The zero-order chi connectivity index (χ0) is 11.4. The zero-order valence-corrected chi connectivity index (χ0v) is 9.53. The monoisotopic (exact) mass is 219 g/mol. The van der Waals surface area contributed by atoms with Gasteiger partial charge in [-0.2, -0.15) is 0 Å². The van der Waals surface area contributed by atoms with E-state index in [1.807, 2.05) is 12.1 Å². The van der Waals surface area contributed by atoms with Gasteiger partial charge in [-0.05, 0) is 43.0 Å². The third kappa shape index (κ3) is 2.42. The Morgan fingerprint density at radius 2 is 2.38 bits per heavy atom. The van der Waals surface area contributed by atoms with Gasteiger partial charge < -0.3 is 10.1 Å². The van der Waals surface area contributed by atoms with Crippen molar-refractivity contribution >= 4 is 5.97 Å². The zero-order valence-electron chi connectivity index (χ0n) is 9.53. The third-order valence-corrected chi connectivity index (χ3v) is 3.08. The molecule has 0 unspecified atom stereocenters. The number of nitrogens with one attached hydrogen (secondary N) is 1. The summed E-state index contributed by atoms with van der Waals surface area (Å²) in [5.74, 6) is 0.268. The Kier molecular flexibility index (Phi) is 3.57. The largest absolute Gasteiger partial charge is 0.465 e. The predicted octanol–water partition coefficient (Wildman–Crippen LogP) is 1.94. The minimum atomic E-state index is -0.259. The van der Waals surface area contributed by atoms with Crippen LogP contribution >= 0.6 is 0 Å². The Labute approximate surface area is 95.8 Å². The molecule has 86 valence electrons. The average Bonchev–Trinajstić information content (AvgIpc) is 2.39. The molecule has 3 nitrogen and oxygen atoms in total. The summed E-state index contributed by atoms with van der Waals surface area (Å²) in [7, 11) is 1.41. The number of rotatable bonds is 2. The van der Waals surface area contributed by atoms with Gasteiger partial charge in [0.05, 0.1) is 12.7 Å². The molecule has 1 N–H and O–H groups in total. The van der Waals surface area contributed by atoms with Crippen LogP contribution in [-0.4, -0.2) is 26.2 Å². The van der Waals surface area contributed by atoms with Gasteiger partial charge >= 0.3 is 5.97 Å². The van der Waals surface area contributed by atoms with Crippen molar-refractivity contribution in [3.8, 4) is 0 Å². The Hall–Kier alpha value is -1.35. The fraction of sp³-hybridized carbons (Fsp3) is 0.462. The van der Waals surface area contributed by atoms with Crippen LogP contribution in [0.5, 0.6) is 0 Å². The van der Waals surface area contributed by atoms with Gasteiger partial charge in [0, 0.05) is 6.54 Å². The Morgan fingerprint density at radius 1 is 1.50 bits per heavy atom. The molecule has 1 saturated heterocycles. The van der Waals surface area contributed by atoms with E-state index in [9.17, 15) is 4.79 Å². The molecule has 16 heavy (non-hydrogen) atoms. The number of ether oxygens (including phenoxy) is 1. The van der Waals surface area contributed by atoms with Crippen LogP contribution in [0.15, 0.2) is 24.3 Å². The molecular weight excluding hydrogens is 202 g/mol. The fourth-order valence-electron chi connectivity index (χ4n) is 2.17. The topological polar surface area (TPSA) is 38.3 Å². The van der Waals surface area contributed by atoms with Crippen LogP contribution in [0.3, 0.4) is 0 Å². The van der Waals surface area contributed by atoms with E-state index in [-0.39, 0.29) is 5.97 Å². The first-order chi connectivity index (χ1) is 7.81. The van der Waals surface area contributed by atoms with Crippen LogP contribution in [-0.2, 0) is 4.74 Å². The van der Waals surface area contributed by atoms with Crippen molar-refractivity contribution in [1.82, 2.24) is 5.32 Å². The molecular formula is C13H17NO2. The van der Waals surface area contributed by atoms with Crippen molar-refractivity contribution in [2.75, 3.05) is 20.2 Å². The van der Waals surface area contributed by atoms with Gasteiger partial charge in [-0.15, -0.1) is 0 Å². The highest BCUT2D eigenvalue weighted by Gasteiger charge is 2.16. The van der Waals surface area contributed by atoms with Gasteiger partial charge in [-0.3, -0.25) is 0 Å². The number of carbonyl (C=O) groups excluding carboxylic acids is 1. The molecule has 1 aromatic rings. The van der Waals surface area contributed by atoms with Crippen molar-refractivity contribution in [3.63, 3.8) is 0 Å². The molecule has 1 aromatic carbocycles. The van der Waals surface area contributed by atoms with Crippen LogP contribution in [0.2, 0.25) is 0 Å². The molecule has 3 heteroatoms. The van der Waals surface area contributed by atoms with Crippen LogP contribution in [0.25, 0.3) is 0 Å². The SMILES string of the molecule is COC(=O)c1cccc([C@@H]2CCCNC2)c1. The van der Waals surface area contributed by atoms with E-state index < -0.39 is 0 Å². The smallest absolute Gasteiger partial charge is 0.337 e. The molecule has 0 aromatic heterocycles. The van der Waals surface area contributed by atoms with Gasteiger partial charge in [-0.1, -0.05) is 12.1 Å². The summed E-state index contributed by atoms with van der Waals surface area (Å²) in [5, 5.41) is 3.38. The summed E-state index contributed by atoms with van der Waals surface area (Å²) in [4.78, 5) is 11.4. The van der Waals surface area contributed by atoms with E-state index in [2.05, 4.69) is 11.4 Å². The number of benzene rings is 1. The standard InChI is InChI=1S/C13H17NO2/c1-16-13(15)11-5-2-4-10(8-11)12-6-3-7-14-9-12/h2,4-5,8,12,14H,3,6-7,9H2,1H3/t12-/m1/s1. The predicted molar refractivity (Wildman–Crippen MR) is 62.6 cm³/mol. The second-order valence-electron chi connectivity index (χ2n) is 4.16. The maximum Gasteiger partial charge on any atom is 0.337 e. The number of methoxy groups -OCH3 is 1. The van der Waals surface area contributed by atoms with Crippen LogP contribution in [0, 0.1) is 0 Å². The molecule has 0 aliphatic carbocycles. The van der Waals surface area contributed by atoms with Crippen LogP contribution in [0.1, 0.15) is 34.7 Å². The molecule has 0 spiro atoms. The average molecular weight is 219 g/mol. The van der Waals surface area contributed by atoms with Crippen LogP contribution in [0.4, 0.5) is 0 Å². The minimum Gasteiger partial charge on any atom is -0.465 e. The van der Waals surface area contributed by atoms with Crippen molar-refractivity contribution in [2.45, 2.75) is 18.8 Å². The Morgan fingerprint density at radius 3 is 3.06 bits per heavy atom. The number of piperidine rings is 1.